The summed E-state index contributed by atoms with van der Waals surface area (Å²) < 4.78 is 7.23. The third-order valence-corrected chi connectivity index (χ3v) is 11.8. The van der Waals surface area contributed by atoms with Crippen molar-refractivity contribution in [2.45, 2.75) is 0 Å². The Morgan fingerprint density at radius 2 is 0.561 bits per heavy atom. The first kappa shape index (κ1) is 31.7. The summed E-state index contributed by atoms with van der Waals surface area (Å²) in [7, 11) is 0. The number of nitrogens with zero attached hydrogens (tertiary/aromatic N) is 3. The van der Waals surface area contributed by atoms with Gasteiger partial charge in [0.1, 0.15) is 0 Å². The molecule has 0 spiro atoms. The van der Waals surface area contributed by atoms with Gasteiger partial charge in [-0.25, -0.2) is 0 Å². The fourth-order valence-corrected chi connectivity index (χ4v) is 9.25. The van der Waals surface area contributed by atoms with E-state index in [4.69, 9.17) is 0 Å². The van der Waals surface area contributed by atoms with Crippen LogP contribution < -0.4 is 0 Å². The molecule has 3 aromatic heterocycles. The molecule has 57 heavy (non-hydrogen) atoms. The van der Waals surface area contributed by atoms with E-state index in [0.717, 1.165) is 11.4 Å². The van der Waals surface area contributed by atoms with Crippen LogP contribution in [0.5, 0.6) is 0 Å². The fourth-order valence-electron chi connectivity index (χ4n) is 9.25. The summed E-state index contributed by atoms with van der Waals surface area (Å²) in [6.07, 6.45) is 0. The first-order valence-corrected chi connectivity index (χ1v) is 19.6. The molecule has 0 fully saturated rings. The summed E-state index contributed by atoms with van der Waals surface area (Å²) in [5.74, 6) is 0. The second-order valence-corrected chi connectivity index (χ2v) is 15.0. The molecule has 0 saturated carbocycles. The molecule has 0 atom stereocenters. The zero-order valence-corrected chi connectivity index (χ0v) is 31.0. The second-order valence-electron chi connectivity index (χ2n) is 15.0. The van der Waals surface area contributed by atoms with E-state index in [1.54, 1.807) is 0 Å². The average molecular weight is 726 g/mol. The first-order chi connectivity index (χ1) is 28.3. The van der Waals surface area contributed by atoms with Crippen LogP contribution in [0.25, 0.3) is 105 Å². The van der Waals surface area contributed by atoms with Crippen LogP contribution in [0.3, 0.4) is 0 Å². The molecule has 0 aliphatic carbocycles. The predicted octanol–water partition coefficient (Wildman–Crippen LogP) is 14.3. The van der Waals surface area contributed by atoms with Gasteiger partial charge in [0.15, 0.2) is 0 Å². The Morgan fingerprint density at radius 1 is 0.193 bits per heavy atom. The van der Waals surface area contributed by atoms with Gasteiger partial charge >= 0.3 is 0 Å². The quantitative estimate of drug-likeness (QED) is 0.168. The van der Waals surface area contributed by atoms with Crippen molar-refractivity contribution in [2.24, 2.45) is 0 Å². The van der Waals surface area contributed by atoms with Gasteiger partial charge in [-0.15, -0.1) is 0 Å². The van der Waals surface area contributed by atoms with Gasteiger partial charge in [-0.3, -0.25) is 0 Å². The van der Waals surface area contributed by atoms with Crippen molar-refractivity contribution in [1.29, 1.82) is 0 Å². The van der Waals surface area contributed by atoms with Crippen LogP contribution in [-0.2, 0) is 0 Å². The average Bonchev–Trinajstić information content (AvgIpc) is 3.92. The topological polar surface area (TPSA) is 14.8 Å². The Kier molecular flexibility index (Phi) is 6.93. The lowest BCUT2D eigenvalue weighted by Gasteiger charge is -2.11. The maximum atomic E-state index is 2.44. The molecule has 0 amide bonds. The van der Waals surface area contributed by atoms with Crippen LogP contribution >= 0.6 is 0 Å². The largest absolute Gasteiger partial charge is 0.309 e. The standard InChI is InChI=1S/C54H35N3/c1-4-14-36(15-5-1)37-24-29-52-48(32-37)45-28-27-42(35-54(45)56(52)41-18-8-3-9-19-41)57-50-23-13-11-21-44(50)47-34-39(26-31-53(47)57)38-25-30-51-46(33-38)43-20-10-12-22-49(43)55(51)40-16-6-2-7-17-40/h1-35H. The van der Waals surface area contributed by atoms with Gasteiger partial charge in [0.2, 0.25) is 0 Å². The van der Waals surface area contributed by atoms with E-state index in [9.17, 15) is 0 Å². The molecule has 266 valence electrons. The van der Waals surface area contributed by atoms with Crippen molar-refractivity contribution < 1.29 is 0 Å². The van der Waals surface area contributed by atoms with Crippen LogP contribution in [0, 0.1) is 0 Å². The van der Waals surface area contributed by atoms with Crippen molar-refractivity contribution in [2.75, 3.05) is 0 Å². The SMILES string of the molecule is c1ccc(-c2ccc3c(c2)c2ccc(-n4c5ccccc5c5cc(-c6ccc7c(c6)c6ccccc6n7-c6ccccc6)ccc54)cc2n3-c2ccccc2)cc1. The molecule has 0 saturated heterocycles. The van der Waals surface area contributed by atoms with Crippen LogP contribution in [-0.4, -0.2) is 13.7 Å². The maximum absolute atomic E-state index is 2.44. The lowest BCUT2D eigenvalue weighted by atomic mass is 10.0. The summed E-state index contributed by atoms with van der Waals surface area (Å²) in [5, 5.41) is 7.49. The normalized spacial score (nSPS) is 11.9. The minimum absolute atomic E-state index is 1.14. The third kappa shape index (κ3) is 4.86. The number of hydrogen-bond acceptors (Lipinski definition) is 0. The summed E-state index contributed by atoms with van der Waals surface area (Å²) >= 11 is 0. The van der Waals surface area contributed by atoms with Crippen molar-refractivity contribution in [3.8, 4) is 39.3 Å². The molecule has 9 aromatic carbocycles. The molecular formula is C54H35N3. The third-order valence-electron chi connectivity index (χ3n) is 11.8. The zero-order valence-electron chi connectivity index (χ0n) is 31.0. The van der Waals surface area contributed by atoms with Crippen LogP contribution in [0.15, 0.2) is 212 Å². The number of rotatable bonds is 5. The van der Waals surface area contributed by atoms with Gasteiger partial charge in [0.25, 0.3) is 0 Å². The predicted molar refractivity (Wildman–Crippen MR) is 240 cm³/mol. The van der Waals surface area contributed by atoms with Crippen LogP contribution in [0.2, 0.25) is 0 Å². The van der Waals surface area contributed by atoms with E-state index < -0.39 is 0 Å². The molecule has 0 radical (unpaired) electrons. The van der Waals surface area contributed by atoms with E-state index in [0.29, 0.717) is 0 Å². The number of aromatic nitrogens is 3. The minimum Gasteiger partial charge on any atom is -0.309 e. The van der Waals surface area contributed by atoms with Crippen molar-refractivity contribution >= 4 is 65.4 Å². The highest BCUT2D eigenvalue weighted by Crippen LogP contribution is 2.40. The molecule has 0 aliphatic rings. The number of benzene rings is 9. The highest BCUT2D eigenvalue weighted by Gasteiger charge is 2.19. The van der Waals surface area contributed by atoms with Gasteiger partial charge in [-0.2, -0.15) is 0 Å². The molecule has 12 rings (SSSR count). The van der Waals surface area contributed by atoms with E-state index >= 15 is 0 Å². The Morgan fingerprint density at radius 3 is 1.07 bits per heavy atom. The van der Waals surface area contributed by atoms with Gasteiger partial charge < -0.3 is 13.7 Å². The van der Waals surface area contributed by atoms with Gasteiger partial charge in [0, 0.05) is 49.4 Å². The molecule has 0 bridgehead atoms. The Hall–Kier alpha value is -7.62. The number of para-hydroxylation sites is 4. The van der Waals surface area contributed by atoms with Crippen molar-refractivity contribution in [3.63, 3.8) is 0 Å². The molecule has 0 aliphatic heterocycles. The van der Waals surface area contributed by atoms with Crippen molar-refractivity contribution in [1.82, 2.24) is 13.7 Å². The number of hydrogen-bond donors (Lipinski definition) is 0. The number of fused-ring (bicyclic) bond motifs is 9. The molecule has 3 nitrogen and oxygen atoms in total. The van der Waals surface area contributed by atoms with Crippen LogP contribution in [0.4, 0.5) is 0 Å². The summed E-state index contributed by atoms with van der Waals surface area (Å²) in [5.41, 5.74) is 15.5. The highest BCUT2D eigenvalue weighted by molar-refractivity contribution is 6.14. The van der Waals surface area contributed by atoms with E-state index in [1.165, 1.54) is 93.4 Å². The first-order valence-electron chi connectivity index (χ1n) is 19.6. The minimum atomic E-state index is 1.14. The van der Waals surface area contributed by atoms with E-state index in [2.05, 4.69) is 226 Å². The Bertz CT molecular complexity index is 3500. The second kappa shape index (κ2) is 12.5. The molecule has 0 unspecified atom stereocenters. The van der Waals surface area contributed by atoms with Gasteiger partial charge in [0.05, 0.1) is 33.1 Å². The molecular weight excluding hydrogens is 691 g/mol. The lowest BCUT2D eigenvalue weighted by molar-refractivity contribution is 1.15. The lowest BCUT2D eigenvalue weighted by Crippen LogP contribution is -1.96. The fraction of sp³-hybridized carbons (Fsp3) is 0. The van der Waals surface area contributed by atoms with Gasteiger partial charge in [-0.1, -0.05) is 127 Å². The molecule has 3 heterocycles. The Labute approximate surface area is 329 Å². The van der Waals surface area contributed by atoms with E-state index in [1.807, 2.05) is 0 Å². The highest BCUT2D eigenvalue weighted by atomic mass is 15.0. The summed E-state index contributed by atoms with van der Waals surface area (Å²) in [6, 6.07) is 77.4. The summed E-state index contributed by atoms with van der Waals surface area (Å²) in [4.78, 5) is 0. The summed E-state index contributed by atoms with van der Waals surface area (Å²) in [6.45, 7) is 0. The molecule has 3 heteroatoms. The van der Waals surface area contributed by atoms with Gasteiger partial charge in [-0.05, 0) is 107 Å². The van der Waals surface area contributed by atoms with Crippen LogP contribution in [0.1, 0.15) is 0 Å². The maximum Gasteiger partial charge on any atom is 0.0561 e. The molecule has 0 N–H and O–H groups in total. The Balaban J connectivity index is 1.04. The smallest absolute Gasteiger partial charge is 0.0561 e. The monoisotopic (exact) mass is 725 g/mol. The molecule has 12 aromatic rings. The van der Waals surface area contributed by atoms with Crippen molar-refractivity contribution in [3.05, 3.63) is 212 Å². The zero-order chi connectivity index (χ0) is 37.5. The van der Waals surface area contributed by atoms with E-state index in [-0.39, 0.29) is 0 Å².